The molecule has 8 nitrogen and oxygen atoms in total. The molecule has 0 radical (unpaired) electrons. The fraction of sp³-hybridized carbons (Fsp3) is 0.364. The minimum absolute atomic E-state index is 0.0757. The molecule has 3 rings (SSSR count). The number of carbonyl (C=O) groups is 2. The van der Waals surface area contributed by atoms with Gasteiger partial charge in [0.2, 0.25) is 0 Å². The van der Waals surface area contributed by atoms with Crippen molar-refractivity contribution in [3.8, 4) is 0 Å². The van der Waals surface area contributed by atoms with Crippen molar-refractivity contribution in [2.75, 3.05) is 29.9 Å². The minimum Gasteiger partial charge on any atom is -0.366 e. The second-order valence-electron chi connectivity index (χ2n) is 7.52. The number of benzene rings is 2. The van der Waals surface area contributed by atoms with Crippen LogP contribution in [-0.2, 0) is 0 Å². The van der Waals surface area contributed by atoms with Gasteiger partial charge in [-0.3, -0.25) is 19.7 Å². The van der Waals surface area contributed by atoms with Crippen LogP contribution in [0.3, 0.4) is 0 Å². The molecule has 1 fully saturated rings. The number of rotatable bonds is 6. The molecule has 0 aliphatic carbocycles. The minimum atomic E-state index is -0.468. The number of carbonyl (C=O) groups excluding carboxylic acids is 2. The zero-order valence-electron chi connectivity index (χ0n) is 17.2. The van der Waals surface area contributed by atoms with E-state index < -0.39 is 10.8 Å². The van der Waals surface area contributed by atoms with E-state index in [1.54, 1.807) is 36.4 Å². The SMILES string of the molecule is CCNC(=O)c1cccc(NC(=O)c2ccc(N3CCC(C)CC3)c([N+](=O)[O-])c2)c1. The Morgan fingerprint density at radius 3 is 2.47 bits per heavy atom. The van der Waals surface area contributed by atoms with E-state index in [0.717, 1.165) is 25.9 Å². The lowest BCUT2D eigenvalue weighted by atomic mass is 9.98. The van der Waals surface area contributed by atoms with Gasteiger partial charge in [0.05, 0.1) is 4.92 Å². The monoisotopic (exact) mass is 410 g/mol. The average Bonchev–Trinajstić information content (AvgIpc) is 2.74. The fourth-order valence-electron chi connectivity index (χ4n) is 3.53. The third kappa shape index (κ3) is 4.94. The van der Waals surface area contributed by atoms with Gasteiger partial charge in [-0.15, -0.1) is 0 Å². The molecule has 1 aliphatic rings. The maximum Gasteiger partial charge on any atom is 0.293 e. The summed E-state index contributed by atoms with van der Waals surface area (Å²) in [5.74, 6) is -0.0880. The van der Waals surface area contributed by atoms with Crippen molar-refractivity contribution in [2.45, 2.75) is 26.7 Å². The van der Waals surface area contributed by atoms with Gasteiger partial charge in [-0.25, -0.2) is 0 Å². The molecular formula is C22H26N4O4. The normalized spacial score (nSPS) is 14.3. The third-order valence-electron chi connectivity index (χ3n) is 5.28. The Morgan fingerprint density at radius 1 is 1.10 bits per heavy atom. The van der Waals surface area contributed by atoms with Crippen molar-refractivity contribution in [2.24, 2.45) is 5.92 Å². The van der Waals surface area contributed by atoms with E-state index in [9.17, 15) is 19.7 Å². The molecule has 2 amide bonds. The highest BCUT2D eigenvalue weighted by atomic mass is 16.6. The summed E-state index contributed by atoms with van der Waals surface area (Å²) in [5.41, 5.74) is 1.53. The summed E-state index contributed by atoms with van der Waals surface area (Å²) in [5, 5.41) is 17.1. The zero-order chi connectivity index (χ0) is 21.7. The van der Waals surface area contributed by atoms with Crippen LogP contribution in [0.2, 0.25) is 0 Å². The Kier molecular flexibility index (Phi) is 6.66. The molecular weight excluding hydrogens is 384 g/mol. The molecule has 2 N–H and O–H groups in total. The van der Waals surface area contributed by atoms with Crippen LogP contribution >= 0.6 is 0 Å². The molecule has 1 heterocycles. The molecule has 0 bridgehead atoms. The van der Waals surface area contributed by atoms with Gasteiger partial charge in [-0.2, -0.15) is 0 Å². The van der Waals surface area contributed by atoms with Crippen LogP contribution < -0.4 is 15.5 Å². The smallest absolute Gasteiger partial charge is 0.293 e. The predicted octanol–water partition coefficient (Wildman–Crippen LogP) is 3.83. The van der Waals surface area contributed by atoms with Crippen molar-refractivity contribution in [1.82, 2.24) is 5.32 Å². The van der Waals surface area contributed by atoms with E-state index in [4.69, 9.17) is 0 Å². The van der Waals surface area contributed by atoms with Gasteiger partial charge in [-0.05, 0) is 56.0 Å². The summed E-state index contributed by atoms with van der Waals surface area (Å²) < 4.78 is 0. The molecule has 0 atom stereocenters. The molecule has 1 saturated heterocycles. The molecule has 0 saturated carbocycles. The van der Waals surface area contributed by atoms with Crippen molar-refractivity contribution in [3.63, 3.8) is 0 Å². The number of hydrogen-bond acceptors (Lipinski definition) is 5. The number of amides is 2. The largest absolute Gasteiger partial charge is 0.366 e. The van der Waals surface area contributed by atoms with Crippen LogP contribution in [0.4, 0.5) is 17.1 Å². The molecule has 0 aromatic heterocycles. The Labute approximate surface area is 175 Å². The van der Waals surface area contributed by atoms with E-state index >= 15 is 0 Å². The molecule has 1 aliphatic heterocycles. The molecule has 8 heteroatoms. The highest BCUT2D eigenvalue weighted by molar-refractivity contribution is 6.06. The lowest BCUT2D eigenvalue weighted by Crippen LogP contribution is -2.33. The molecule has 0 unspecified atom stereocenters. The summed E-state index contributed by atoms with van der Waals surface area (Å²) in [7, 11) is 0. The fourth-order valence-corrected chi connectivity index (χ4v) is 3.53. The quantitative estimate of drug-likeness (QED) is 0.556. The first-order valence-electron chi connectivity index (χ1n) is 10.1. The van der Waals surface area contributed by atoms with Gasteiger partial charge in [0.15, 0.2) is 0 Å². The van der Waals surface area contributed by atoms with Gasteiger partial charge in [0, 0.05) is 42.5 Å². The van der Waals surface area contributed by atoms with Crippen molar-refractivity contribution in [1.29, 1.82) is 0 Å². The Hall–Kier alpha value is -3.42. The van der Waals surface area contributed by atoms with E-state index in [2.05, 4.69) is 17.6 Å². The van der Waals surface area contributed by atoms with Gasteiger partial charge >= 0.3 is 0 Å². The summed E-state index contributed by atoms with van der Waals surface area (Å²) >= 11 is 0. The average molecular weight is 410 g/mol. The number of hydrogen-bond donors (Lipinski definition) is 2. The van der Waals surface area contributed by atoms with Gasteiger partial charge in [-0.1, -0.05) is 13.0 Å². The summed E-state index contributed by atoms with van der Waals surface area (Å²) in [6.45, 7) is 6.03. The maximum atomic E-state index is 12.7. The zero-order valence-corrected chi connectivity index (χ0v) is 17.2. The van der Waals surface area contributed by atoms with Crippen LogP contribution in [0.25, 0.3) is 0 Å². The van der Waals surface area contributed by atoms with E-state index in [1.165, 1.54) is 6.07 Å². The second kappa shape index (κ2) is 9.39. The standard InChI is InChI=1S/C22H26N4O4/c1-3-23-21(27)16-5-4-6-18(13-16)24-22(28)17-7-8-19(20(14-17)26(29)30)25-11-9-15(2)10-12-25/h4-8,13-15H,3,9-12H2,1-2H3,(H,23,27)(H,24,28). The number of anilines is 2. The molecule has 2 aromatic carbocycles. The number of nitro benzene ring substituents is 1. The number of piperidine rings is 1. The highest BCUT2D eigenvalue weighted by Crippen LogP contribution is 2.32. The van der Waals surface area contributed by atoms with Crippen LogP contribution in [0.15, 0.2) is 42.5 Å². The van der Waals surface area contributed by atoms with E-state index in [-0.39, 0.29) is 17.2 Å². The van der Waals surface area contributed by atoms with Crippen LogP contribution in [-0.4, -0.2) is 36.4 Å². The number of nitrogens with one attached hydrogen (secondary N) is 2. The molecule has 2 aromatic rings. The number of nitrogens with zero attached hydrogens (tertiary/aromatic N) is 2. The Balaban J connectivity index is 1.80. The van der Waals surface area contributed by atoms with Crippen LogP contribution in [0.1, 0.15) is 47.4 Å². The van der Waals surface area contributed by atoms with Crippen LogP contribution in [0, 0.1) is 16.0 Å². The summed E-state index contributed by atoms with van der Waals surface area (Å²) in [6, 6.07) is 11.1. The van der Waals surface area contributed by atoms with Gasteiger partial charge < -0.3 is 15.5 Å². The maximum absolute atomic E-state index is 12.7. The van der Waals surface area contributed by atoms with E-state index in [1.807, 2.05) is 11.8 Å². The lowest BCUT2D eigenvalue weighted by Gasteiger charge is -2.31. The molecule has 158 valence electrons. The summed E-state index contributed by atoms with van der Waals surface area (Å²) in [4.78, 5) is 37.9. The first kappa shape index (κ1) is 21.3. The third-order valence-corrected chi connectivity index (χ3v) is 5.28. The van der Waals surface area contributed by atoms with Crippen molar-refractivity contribution >= 4 is 28.9 Å². The molecule has 30 heavy (non-hydrogen) atoms. The van der Waals surface area contributed by atoms with Gasteiger partial charge in [0.1, 0.15) is 5.69 Å². The van der Waals surface area contributed by atoms with Crippen molar-refractivity contribution in [3.05, 3.63) is 63.7 Å². The number of nitro groups is 1. The van der Waals surface area contributed by atoms with Crippen molar-refractivity contribution < 1.29 is 14.5 Å². The Bertz CT molecular complexity index is 952. The van der Waals surface area contributed by atoms with E-state index in [0.29, 0.717) is 29.4 Å². The Morgan fingerprint density at radius 2 is 1.80 bits per heavy atom. The lowest BCUT2D eigenvalue weighted by molar-refractivity contribution is -0.384. The molecule has 0 spiro atoms. The second-order valence-corrected chi connectivity index (χ2v) is 7.52. The topological polar surface area (TPSA) is 105 Å². The predicted molar refractivity (Wildman–Crippen MR) is 116 cm³/mol. The highest BCUT2D eigenvalue weighted by Gasteiger charge is 2.24. The van der Waals surface area contributed by atoms with Gasteiger partial charge in [0.25, 0.3) is 17.5 Å². The first-order valence-corrected chi connectivity index (χ1v) is 10.1. The first-order chi connectivity index (χ1) is 14.4. The summed E-state index contributed by atoms with van der Waals surface area (Å²) in [6.07, 6.45) is 1.97. The van der Waals surface area contributed by atoms with Crippen LogP contribution in [0.5, 0.6) is 0 Å².